The third-order valence-corrected chi connectivity index (χ3v) is 3.09. The first-order valence-corrected chi connectivity index (χ1v) is 5.62. The van der Waals surface area contributed by atoms with Gasteiger partial charge < -0.3 is 15.5 Å². The zero-order chi connectivity index (χ0) is 11.5. The van der Waals surface area contributed by atoms with Crippen LogP contribution >= 0.6 is 0 Å². The molecule has 2 rings (SSSR count). The third-order valence-electron chi connectivity index (χ3n) is 3.09. The van der Waals surface area contributed by atoms with Crippen molar-refractivity contribution in [2.75, 3.05) is 38.1 Å². The lowest BCUT2D eigenvalue weighted by Gasteiger charge is -2.34. The van der Waals surface area contributed by atoms with Crippen molar-refractivity contribution >= 4 is 5.69 Å². The van der Waals surface area contributed by atoms with Crippen LogP contribution in [0.5, 0.6) is 0 Å². The highest BCUT2D eigenvalue weighted by molar-refractivity contribution is 5.49. The van der Waals surface area contributed by atoms with Crippen molar-refractivity contribution in [3.63, 3.8) is 0 Å². The molecule has 3 nitrogen and oxygen atoms in total. The van der Waals surface area contributed by atoms with Crippen LogP contribution in [0.15, 0.2) is 18.2 Å². The molecule has 1 fully saturated rings. The molecule has 1 aliphatic rings. The number of nitrogens with zero attached hydrogens (tertiary/aromatic N) is 2. The number of benzene rings is 1. The van der Waals surface area contributed by atoms with Crippen LogP contribution in [0.4, 0.5) is 10.1 Å². The van der Waals surface area contributed by atoms with Crippen molar-refractivity contribution in [3.05, 3.63) is 29.6 Å². The van der Waals surface area contributed by atoms with E-state index in [-0.39, 0.29) is 5.82 Å². The normalized spacial score (nSPS) is 17.8. The zero-order valence-corrected chi connectivity index (χ0v) is 9.62. The number of halogens is 1. The number of hydrogen-bond acceptors (Lipinski definition) is 3. The van der Waals surface area contributed by atoms with E-state index in [2.05, 4.69) is 16.8 Å². The fraction of sp³-hybridized carbons (Fsp3) is 0.500. The van der Waals surface area contributed by atoms with Gasteiger partial charge in [0.2, 0.25) is 0 Å². The molecule has 1 aliphatic heterocycles. The Morgan fingerprint density at radius 3 is 2.50 bits per heavy atom. The topological polar surface area (TPSA) is 32.5 Å². The summed E-state index contributed by atoms with van der Waals surface area (Å²) in [5, 5.41) is 0. The fourth-order valence-electron chi connectivity index (χ4n) is 1.98. The molecule has 1 saturated heterocycles. The molecule has 0 aromatic heterocycles. The Morgan fingerprint density at radius 2 is 1.94 bits per heavy atom. The predicted molar refractivity (Wildman–Crippen MR) is 64.0 cm³/mol. The molecule has 1 aromatic rings. The van der Waals surface area contributed by atoms with Crippen LogP contribution in [0.2, 0.25) is 0 Å². The van der Waals surface area contributed by atoms with E-state index >= 15 is 0 Å². The molecular weight excluding hydrogens is 205 g/mol. The summed E-state index contributed by atoms with van der Waals surface area (Å²) in [6, 6.07) is 5.27. The highest BCUT2D eigenvalue weighted by Crippen LogP contribution is 2.21. The van der Waals surface area contributed by atoms with E-state index in [1.54, 1.807) is 0 Å². The molecule has 1 heterocycles. The Bertz CT molecular complexity index is 359. The van der Waals surface area contributed by atoms with Crippen LogP contribution in [-0.4, -0.2) is 38.1 Å². The molecule has 0 radical (unpaired) electrons. The van der Waals surface area contributed by atoms with Crippen LogP contribution in [0.25, 0.3) is 0 Å². The number of likely N-dealkylation sites (N-methyl/N-ethyl adjacent to an activating group) is 1. The Hall–Kier alpha value is -1.13. The number of hydrogen-bond donors (Lipinski definition) is 1. The maximum Gasteiger partial charge on any atom is 0.146 e. The second kappa shape index (κ2) is 4.80. The number of nitrogens with two attached hydrogens (primary N) is 1. The molecule has 2 N–H and O–H groups in total. The Kier molecular flexibility index (Phi) is 3.41. The number of rotatable bonds is 2. The lowest BCUT2D eigenvalue weighted by molar-refractivity contribution is 0.311. The maximum atomic E-state index is 13.8. The average molecular weight is 223 g/mol. The standard InChI is InChI=1S/C12H18FN3/c1-15-4-6-16(7-5-15)12-3-2-10(9-14)8-11(12)13/h2-3,8H,4-7,9,14H2,1H3. The first-order chi connectivity index (χ1) is 7.70. The Balaban J connectivity index is 2.14. The lowest BCUT2D eigenvalue weighted by atomic mass is 10.1. The fourth-order valence-corrected chi connectivity index (χ4v) is 1.98. The highest BCUT2D eigenvalue weighted by atomic mass is 19.1. The molecule has 4 heteroatoms. The number of piperazine rings is 1. The van der Waals surface area contributed by atoms with Crippen LogP contribution in [0.1, 0.15) is 5.56 Å². The van der Waals surface area contributed by atoms with Crippen LogP contribution < -0.4 is 10.6 Å². The minimum atomic E-state index is -0.160. The van der Waals surface area contributed by atoms with Gasteiger partial charge in [0.25, 0.3) is 0 Å². The average Bonchev–Trinajstić information content (AvgIpc) is 2.30. The van der Waals surface area contributed by atoms with Crippen LogP contribution in [-0.2, 0) is 6.54 Å². The summed E-state index contributed by atoms with van der Waals surface area (Å²) in [6.45, 7) is 4.13. The molecule has 1 aromatic carbocycles. The van der Waals surface area contributed by atoms with E-state index in [1.807, 2.05) is 12.1 Å². The molecule has 0 unspecified atom stereocenters. The zero-order valence-electron chi connectivity index (χ0n) is 9.62. The van der Waals surface area contributed by atoms with Crippen molar-refractivity contribution in [3.8, 4) is 0 Å². The van der Waals surface area contributed by atoms with E-state index in [0.29, 0.717) is 12.2 Å². The van der Waals surface area contributed by atoms with Crippen molar-refractivity contribution in [1.82, 2.24) is 4.90 Å². The van der Waals surface area contributed by atoms with E-state index in [0.717, 1.165) is 31.7 Å². The summed E-state index contributed by atoms with van der Waals surface area (Å²) in [7, 11) is 2.09. The second-order valence-electron chi connectivity index (χ2n) is 4.28. The number of anilines is 1. The van der Waals surface area contributed by atoms with E-state index in [9.17, 15) is 4.39 Å². The van der Waals surface area contributed by atoms with Crippen molar-refractivity contribution in [2.24, 2.45) is 5.73 Å². The van der Waals surface area contributed by atoms with Gasteiger partial charge in [0.05, 0.1) is 5.69 Å². The molecule has 88 valence electrons. The van der Waals surface area contributed by atoms with Gasteiger partial charge in [0, 0.05) is 32.7 Å². The molecule has 0 amide bonds. The minimum absolute atomic E-state index is 0.160. The quantitative estimate of drug-likeness (QED) is 0.813. The molecular formula is C12H18FN3. The van der Waals surface area contributed by atoms with Gasteiger partial charge in [-0.1, -0.05) is 6.07 Å². The first-order valence-electron chi connectivity index (χ1n) is 5.62. The van der Waals surface area contributed by atoms with E-state index < -0.39 is 0 Å². The van der Waals surface area contributed by atoms with Crippen LogP contribution in [0.3, 0.4) is 0 Å². The molecule has 0 spiro atoms. The molecule has 16 heavy (non-hydrogen) atoms. The van der Waals surface area contributed by atoms with Gasteiger partial charge in [0.1, 0.15) is 5.82 Å². The summed E-state index contributed by atoms with van der Waals surface area (Å²) >= 11 is 0. The highest BCUT2D eigenvalue weighted by Gasteiger charge is 2.17. The van der Waals surface area contributed by atoms with Crippen molar-refractivity contribution < 1.29 is 4.39 Å². The predicted octanol–water partition coefficient (Wildman–Crippen LogP) is 1.04. The summed E-state index contributed by atoms with van der Waals surface area (Å²) in [5.74, 6) is -0.160. The SMILES string of the molecule is CN1CCN(c2ccc(CN)cc2F)CC1. The monoisotopic (exact) mass is 223 g/mol. The summed E-state index contributed by atoms with van der Waals surface area (Å²) in [6.07, 6.45) is 0. The molecule has 0 saturated carbocycles. The van der Waals surface area contributed by atoms with Gasteiger partial charge in [-0.3, -0.25) is 0 Å². The van der Waals surface area contributed by atoms with Gasteiger partial charge in [-0.05, 0) is 24.7 Å². The van der Waals surface area contributed by atoms with Gasteiger partial charge in [-0.25, -0.2) is 4.39 Å². The third kappa shape index (κ3) is 2.33. The van der Waals surface area contributed by atoms with Gasteiger partial charge in [0.15, 0.2) is 0 Å². The van der Waals surface area contributed by atoms with Gasteiger partial charge in [-0.15, -0.1) is 0 Å². The van der Waals surface area contributed by atoms with E-state index in [4.69, 9.17) is 5.73 Å². The maximum absolute atomic E-state index is 13.8. The second-order valence-corrected chi connectivity index (χ2v) is 4.28. The van der Waals surface area contributed by atoms with Crippen molar-refractivity contribution in [2.45, 2.75) is 6.54 Å². The molecule has 0 bridgehead atoms. The minimum Gasteiger partial charge on any atom is -0.367 e. The van der Waals surface area contributed by atoms with E-state index in [1.165, 1.54) is 6.07 Å². The summed E-state index contributed by atoms with van der Waals surface area (Å²) in [4.78, 5) is 4.35. The largest absolute Gasteiger partial charge is 0.367 e. The van der Waals surface area contributed by atoms with Gasteiger partial charge in [-0.2, -0.15) is 0 Å². The van der Waals surface area contributed by atoms with Gasteiger partial charge >= 0.3 is 0 Å². The smallest absolute Gasteiger partial charge is 0.146 e. The Morgan fingerprint density at radius 1 is 1.25 bits per heavy atom. The van der Waals surface area contributed by atoms with Crippen molar-refractivity contribution in [1.29, 1.82) is 0 Å². The summed E-state index contributed by atoms with van der Waals surface area (Å²) in [5.41, 5.74) is 7.02. The molecule has 0 atom stereocenters. The summed E-state index contributed by atoms with van der Waals surface area (Å²) < 4.78 is 13.8. The Labute approximate surface area is 95.6 Å². The van der Waals surface area contributed by atoms with Crippen LogP contribution in [0, 0.1) is 5.82 Å². The first kappa shape index (κ1) is 11.4. The lowest BCUT2D eigenvalue weighted by Crippen LogP contribution is -2.44. The molecule has 0 aliphatic carbocycles.